The number of H-pyrrole nitrogens is 2. The third-order valence-electron chi connectivity index (χ3n) is 5.70. The molecule has 164 valence electrons. The van der Waals surface area contributed by atoms with Gasteiger partial charge in [0.15, 0.2) is 0 Å². The van der Waals surface area contributed by atoms with Crippen LogP contribution in [0.25, 0.3) is 57.5 Å². The van der Waals surface area contributed by atoms with Gasteiger partial charge in [-0.2, -0.15) is 0 Å². The quantitative estimate of drug-likeness (QED) is 0.292. The van der Waals surface area contributed by atoms with Gasteiger partial charge in [-0.25, -0.2) is 9.97 Å². The smallest absolute Gasteiger partial charge is 0.119 e. The summed E-state index contributed by atoms with van der Waals surface area (Å²) in [5.41, 5.74) is 9.77. The summed E-state index contributed by atoms with van der Waals surface area (Å²) in [4.78, 5) is 16.5. The van der Waals surface area contributed by atoms with Crippen LogP contribution in [0.3, 0.4) is 0 Å². The molecule has 2 aliphatic rings. The average molecular weight is 443 g/mol. The van der Waals surface area contributed by atoms with Crippen molar-refractivity contribution in [2.45, 2.75) is 0 Å². The lowest BCUT2D eigenvalue weighted by Gasteiger charge is -2.04. The van der Waals surface area contributed by atoms with Gasteiger partial charge < -0.3 is 14.7 Å². The molecule has 1 aromatic carbocycles. The Bertz CT molecular complexity index is 1620. The van der Waals surface area contributed by atoms with Gasteiger partial charge in [0.05, 0.1) is 22.8 Å². The minimum atomic E-state index is 0.486. The first-order chi connectivity index (χ1) is 16.7. The zero-order valence-electron chi connectivity index (χ0n) is 18.5. The highest BCUT2D eigenvalue weighted by Gasteiger charge is 2.07. The van der Waals surface area contributed by atoms with Crippen molar-refractivity contribution in [3.05, 3.63) is 102 Å². The van der Waals surface area contributed by atoms with Crippen LogP contribution in [0, 0.1) is 0 Å². The van der Waals surface area contributed by atoms with Gasteiger partial charge in [-0.05, 0) is 84.5 Å². The molecular weight excluding hydrogens is 420 g/mol. The zero-order chi connectivity index (χ0) is 22.9. The number of benzene rings is 1. The maximum atomic E-state index is 5.64. The van der Waals surface area contributed by atoms with Gasteiger partial charge in [0.1, 0.15) is 12.4 Å². The second-order valence-corrected chi connectivity index (χ2v) is 8.21. The summed E-state index contributed by atoms with van der Waals surface area (Å²) >= 11 is 0. The Morgan fingerprint density at radius 2 is 1.26 bits per heavy atom. The maximum absolute atomic E-state index is 5.64. The molecule has 0 saturated carbocycles. The van der Waals surface area contributed by atoms with Gasteiger partial charge in [-0.1, -0.05) is 24.8 Å². The Hall–Kier alpha value is -4.64. The van der Waals surface area contributed by atoms with E-state index in [9.17, 15) is 0 Å². The normalized spacial score (nSPS) is 12.1. The van der Waals surface area contributed by atoms with Crippen molar-refractivity contribution in [2.75, 3.05) is 6.61 Å². The molecule has 2 aliphatic heterocycles. The fraction of sp³-hybridized carbons (Fsp3) is 0.0345. The van der Waals surface area contributed by atoms with Gasteiger partial charge >= 0.3 is 0 Å². The van der Waals surface area contributed by atoms with Gasteiger partial charge in [0.2, 0.25) is 0 Å². The van der Waals surface area contributed by atoms with Crippen molar-refractivity contribution in [3.8, 4) is 16.9 Å². The number of nitrogens with one attached hydrogen (secondary N) is 2. The molecule has 0 spiro atoms. The Morgan fingerprint density at radius 3 is 1.88 bits per heavy atom. The van der Waals surface area contributed by atoms with Crippen LogP contribution < -0.4 is 4.74 Å². The topological polar surface area (TPSA) is 66.6 Å². The van der Waals surface area contributed by atoms with Gasteiger partial charge in [0.25, 0.3) is 0 Å². The van der Waals surface area contributed by atoms with E-state index in [4.69, 9.17) is 14.7 Å². The van der Waals surface area contributed by atoms with E-state index < -0.39 is 0 Å². The van der Waals surface area contributed by atoms with Crippen molar-refractivity contribution < 1.29 is 4.74 Å². The van der Waals surface area contributed by atoms with Crippen LogP contribution in [0.2, 0.25) is 0 Å². The minimum absolute atomic E-state index is 0.486. The number of hydrogen-bond donors (Lipinski definition) is 2. The highest BCUT2D eigenvalue weighted by atomic mass is 16.5. The van der Waals surface area contributed by atoms with E-state index in [1.54, 1.807) is 6.08 Å². The van der Waals surface area contributed by atoms with E-state index in [0.29, 0.717) is 6.61 Å². The predicted molar refractivity (Wildman–Crippen MR) is 140 cm³/mol. The van der Waals surface area contributed by atoms with E-state index in [1.807, 2.05) is 48.6 Å². The summed E-state index contributed by atoms with van der Waals surface area (Å²) < 4.78 is 5.64. The van der Waals surface area contributed by atoms with E-state index in [2.05, 4.69) is 59.0 Å². The SMILES string of the molecule is C=CCOc1ccc(-c2cc3cc4nc(cc5ccc(cc6nc(cc2[nH]3)C=C6)[nH]5)C=C4)cc1. The molecule has 5 nitrogen and oxygen atoms in total. The summed E-state index contributed by atoms with van der Waals surface area (Å²) in [5.74, 6) is 0.817. The third-order valence-corrected chi connectivity index (χ3v) is 5.70. The Balaban J connectivity index is 1.56. The number of ether oxygens (including phenoxy) is 1. The van der Waals surface area contributed by atoms with Gasteiger partial charge in [-0.15, -0.1) is 0 Å². The van der Waals surface area contributed by atoms with Crippen LogP contribution in [0.1, 0.15) is 22.8 Å². The fourth-order valence-corrected chi connectivity index (χ4v) is 4.14. The van der Waals surface area contributed by atoms with E-state index in [1.165, 1.54) is 0 Å². The van der Waals surface area contributed by atoms with Crippen LogP contribution >= 0.6 is 0 Å². The maximum Gasteiger partial charge on any atom is 0.119 e. The molecule has 2 N–H and O–H groups in total. The number of nitrogens with zero attached hydrogens (tertiary/aromatic N) is 2. The number of aromatic nitrogens is 4. The molecule has 5 heteroatoms. The number of rotatable bonds is 4. The molecule has 0 aliphatic carbocycles. The molecule has 0 unspecified atom stereocenters. The van der Waals surface area contributed by atoms with Crippen LogP contribution in [0.15, 0.2) is 79.4 Å². The molecule has 0 radical (unpaired) electrons. The molecule has 6 rings (SSSR count). The Morgan fingerprint density at radius 1 is 0.676 bits per heavy atom. The van der Waals surface area contributed by atoms with Crippen molar-refractivity contribution >= 4 is 46.4 Å². The summed E-state index contributed by atoms with van der Waals surface area (Å²) in [6.07, 6.45) is 9.85. The lowest BCUT2D eigenvalue weighted by Crippen LogP contribution is -1.91. The Kier molecular flexibility index (Phi) is 4.92. The van der Waals surface area contributed by atoms with Crippen molar-refractivity contribution in [2.24, 2.45) is 0 Å². The monoisotopic (exact) mass is 442 g/mol. The van der Waals surface area contributed by atoms with E-state index >= 15 is 0 Å². The summed E-state index contributed by atoms with van der Waals surface area (Å²) in [6, 6.07) is 22.6. The Labute approximate surface area is 196 Å². The third kappa shape index (κ3) is 4.07. The minimum Gasteiger partial charge on any atom is -0.490 e. The highest BCUT2D eigenvalue weighted by Crippen LogP contribution is 2.29. The van der Waals surface area contributed by atoms with Crippen LogP contribution in [0.5, 0.6) is 5.75 Å². The summed E-state index contributed by atoms with van der Waals surface area (Å²) in [7, 11) is 0. The van der Waals surface area contributed by atoms with Crippen LogP contribution in [0.4, 0.5) is 0 Å². The van der Waals surface area contributed by atoms with Crippen LogP contribution in [-0.4, -0.2) is 26.5 Å². The molecule has 0 saturated heterocycles. The lowest BCUT2D eigenvalue weighted by atomic mass is 10.1. The first-order valence-electron chi connectivity index (χ1n) is 11.1. The molecule has 5 heterocycles. The lowest BCUT2D eigenvalue weighted by molar-refractivity contribution is 0.363. The average Bonchev–Trinajstić information content (AvgIpc) is 3.63. The van der Waals surface area contributed by atoms with Gasteiger partial charge in [0, 0.05) is 27.6 Å². The molecule has 0 fully saturated rings. The first kappa shape index (κ1) is 20.0. The molecular formula is C29H22N4O. The zero-order valence-corrected chi connectivity index (χ0v) is 18.5. The molecule has 4 aromatic rings. The molecule has 0 amide bonds. The highest BCUT2D eigenvalue weighted by molar-refractivity contribution is 5.88. The van der Waals surface area contributed by atoms with Crippen molar-refractivity contribution in [3.63, 3.8) is 0 Å². The van der Waals surface area contributed by atoms with Gasteiger partial charge in [-0.3, -0.25) is 0 Å². The second-order valence-electron chi connectivity index (χ2n) is 8.21. The summed E-state index contributed by atoms with van der Waals surface area (Å²) in [5, 5.41) is 0. The van der Waals surface area contributed by atoms with Crippen LogP contribution in [-0.2, 0) is 0 Å². The number of fused-ring (bicyclic) bond motifs is 8. The van der Waals surface area contributed by atoms with E-state index in [-0.39, 0.29) is 0 Å². The summed E-state index contributed by atoms with van der Waals surface area (Å²) in [6.45, 7) is 4.19. The second kappa shape index (κ2) is 8.37. The van der Waals surface area contributed by atoms with E-state index in [0.717, 1.165) is 61.7 Å². The largest absolute Gasteiger partial charge is 0.490 e. The molecule has 0 atom stereocenters. The molecule has 8 bridgehead atoms. The fourth-order valence-electron chi connectivity index (χ4n) is 4.14. The standard InChI is InChI=1S/C29H22N4O/c1-2-13-34-27-11-3-19(4-12-27)28-17-26-16-24-8-7-22(31-24)14-20-5-6-21(30-20)15-23-9-10-25(32-23)18-29(28)33-26/h2-12,14-18,30,33H,1,13H2. The molecule has 3 aromatic heterocycles. The van der Waals surface area contributed by atoms with Crippen molar-refractivity contribution in [1.82, 2.24) is 19.9 Å². The number of aromatic amines is 2. The first-order valence-corrected chi connectivity index (χ1v) is 11.1. The molecule has 34 heavy (non-hydrogen) atoms. The van der Waals surface area contributed by atoms with Crippen molar-refractivity contribution in [1.29, 1.82) is 0 Å². The number of hydrogen-bond acceptors (Lipinski definition) is 3. The predicted octanol–water partition coefficient (Wildman–Crippen LogP) is 6.89.